The molecule has 0 unspecified atom stereocenters. The van der Waals surface area contributed by atoms with Gasteiger partial charge in [0.2, 0.25) is 5.91 Å². The SMILES string of the molecule is C[C@@H]1CN([C@H](C)CO)C(=O)c2cc(N(C)C)ccc2O[C@@H](C)CCCCO[C@H]1CN(C)C(=O)Cc1ccccc1. The topological polar surface area (TPSA) is 82.6 Å². The Kier molecular flexibility index (Phi) is 11.8. The number of anilines is 1. The molecule has 2 aromatic carbocycles. The molecule has 0 aromatic heterocycles. The molecule has 1 heterocycles. The first-order chi connectivity index (χ1) is 19.1. The van der Waals surface area contributed by atoms with Crippen LogP contribution in [0.25, 0.3) is 0 Å². The van der Waals surface area contributed by atoms with Crippen LogP contribution in [0.2, 0.25) is 0 Å². The van der Waals surface area contributed by atoms with Crippen molar-refractivity contribution in [2.45, 2.75) is 64.7 Å². The highest BCUT2D eigenvalue weighted by Crippen LogP contribution is 2.29. The zero-order chi connectivity index (χ0) is 29.2. The van der Waals surface area contributed by atoms with Gasteiger partial charge in [-0.1, -0.05) is 37.3 Å². The molecular formula is C32H47N3O5. The fourth-order valence-corrected chi connectivity index (χ4v) is 4.93. The van der Waals surface area contributed by atoms with E-state index in [4.69, 9.17) is 9.47 Å². The molecule has 1 aliphatic heterocycles. The standard InChI is InChI=1S/C32H47N3O5/c1-23-20-35(24(2)22-36)32(38)28-19-27(33(4)5)15-16-29(28)40-25(3)12-10-11-17-39-30(23)21-34(6)31(37)18-26-13-8-7-9-14-26/h7-9,13-16,19,23-25,30,36H,10-12,17-18,20-22H2,1-6H3/t23-,24-,25+,30+/m1/s1. The maximum atomic E-state index is 14.1. The molecule has 0 saturated carbocycles. The number of rotatable bonds is 7. The minimum Gasteiger partial charge on any atom is -0.490 e. The lowest BCUT2D eigenvalue weighted by atomic mass is 10.0. The summed E-state index contributed by atoms with van der Waals surface area (Å²) >= 11 is 0. The second kappa shape index (κ2) is 15.1. The van der Waals surface area contributed by atoms with E-state index in [1.807, 2.05) is 95.3 Å². The summed E-state index contributed by atoms with van der Waals surface area (Å²) in [5, 5.41) is 10.1. The third-order valence-electron chi connectivity index (χ3n) is 7.63. The number of ether oxygens (including phenoxy) is 2. The van der Waals surface area contributed by atoms with E-state index in [-0.39, 0.29) is 36.5 Å². The van der Waals surface area contributed by atoms with Crippen molar-refractivity contribution in [3.8, 4) is 5.75 Å². The van der Waals surface area contributed by atoms with E-state index in [1.165, 1.54) is 0 Å². The van der Waals surface area contributed by atoms with E-state index in [2.05, 4.69) is 0 Å². The average Bonchev–Trinajstić information content (AvgIpc) is 2.94. The molecule has 0 saturated heterocycles. The number of hydrogen-bond acceptors (Lipinski definition) is 6. The Bertz CT molecular complexity index is 1090. The number of amides is 2. The summed E-state index contributed by atoms with van der Waals surface area (Å²) in [7, 11) is 5.68. The molecule has 2 amide bonds. The first-order valence-electron chi connectivity index (χ1n) is 14.4. The van der Waals surface area contributed by atoms with Crippen molar-refractivity contribution in [2.24, 2.45) is 5.92 Å². The minimum atomic E-state index is -0.408. The summed E-state index contributed by atoms with van der Waals surface area (Å²) in [6.45, 7) is 7.10. The molecule has 8 heteroatoms. The largest absolute Gasteiger partial charge is 0.490 e. The molecule has 1 aliphatic rings. The van der Waals surface area contributed by atoms with Gasteiger partial charge in [0, 0.05) is 52.4 Å². The van der Waals surface area contributed by atoms with Gasteiger partial charge in [0.05, 0.1) is 36.8 Å². The van der Waals surface area contributed by atoms with Crippen LogP contribution in [0.4, 0.5) is 5.69 Å². The average molecular weight is 554 g/mol. The van der Waals surface area contributed by atoms with Gasteiger partial charge >= 0.3 is 0 Å². The van der Waals surface area contributed by atoms with Crippen molar-refractivity contribution < 1.29 is 24.2 Å². The van der Waals surface area contributed by atoms with E-state index >= 15 is 0 Å². The normalized spacial score (nSPS) is 21.5. The van der Waals surface area contributed by atoms with Gasteiger partial charge in [-0.05, 0) is 56.9 Å². The van der Waals surface area contributed by atoms with Crippen molar-refractivity contribution in [1.82, 2.24) is 9.80 Å². The fraction of sp³-hybridized carbons (Fsp3) is 0.562. The van der Waals surface area contributed by atoms with Gasteiger partial charge in [-0.3, -0.25) is 9.59 Å². The van der Waals surface area contributed by atoms with Crippen molar-refractivity contribution in [3.05, 3.63) is 59.7 Å². The summed E-state index contributed by atoms with van der Waals surface area (Å²) in [6.07, 6.45) is 2.63. The predicted molar refractivity (Wildman–Crippen MR) is 159 cm³/mol. The van der Waals surface area contributed by atoms with Crippen LogP contribution < -0.4 is 9.64 Å². The molecule has 0 bridgehead atoms. The van der Waals surface area contributed by atoms with Gasteiger partial charge in [-0.15, -0.1) is 0 Å². The molecule has 0 radical (unpaired) electrons. The number of likely N-dealkylation sites (N-methyl/N-ethyl adjacent to an activating group) is 1. The highest BCUT2D eigenvalue weighted by molar-refractivity contribution is 5.98. The van der Waals surface area contributed by atoms with Crippen molar-refractivity contribution >= 4 is 17.5 Å². The maximum absolute atomic E-state index is 14.1. The Morgan fingerprint density at radius 1 is 1.10 bits per heavy atom. The first kappa shape index (κ1) is 31.4. The zero-order valence-corrected chi connectivity index (χ0v) is 25.0. The maximum Gasteiger partial charge on any atom is 0.258 e. The van der Waals surface area contributed by atoms with Crippen molar-refractivity contribution in [1.29, 1.82) is 0 Å². The van der Waals surface area contributed by atoms with Crippen LogP contribution in [0.15, 0.2) is 48.5 Å². The Balaban J connectivity index is 1.88. The fourth-order valence-electron chi connectivity index (χ4n) is 4.93. The lowest BCUT2D eigenvalue weighted by Gasteiger charge is -2.36. The summed E-state index contributed by atoms with van der Waals surface area (Å²) in [5.41, 5.74) is 2.35. The van der Waals surface area contributed by atoms with Gasteiger partial charge in [0.15, 0.2) is 0 Å². The van der Waals surface area contributed by atoms with E-state index in [0.717, 1.165) is 30.5 Å². The summed E-state index contributed by atoms with van der Waals surface area (Å²) < 4.78 is 12.7. The number of benzene rings is 2. The number of fused-ring (bicyclic) bond motifs is 1. The molecule has 0 fully saturated rings. The molecule has 4 atom stereocenters. The van der Waals surface area contributed by atoms with E-state index in [1.54, 1.807) is 9.80 Å². The van der Waals surface area contributed by atoms with Crippen LogP contribution in [-0.2, 0) is 16.0 Å². The Labute approximate surface area is 239 Å². The quantitative estimate of drug-likeness (QED) is 0.552. The Morgan fingerprint density at radius 3 is 2.50 bits per heavy atom. The van der Waals surface area contributed by atoms with Crippen LogP contribution in [0.5, 0.6) is 5.75 Å². The van der Waals surface area contributed by atoms with Gasteiger partial charge in [-0.25, -0.2) is 0 Å². The second-order valence-electron chi connectivity index (χ2n) is 11.3. The Hall–Kier alpha value is -3.10. The van der Waals surface area contributed by atoms with Crippen LogP contribution in [0.1, 0.15) is 56.0 Å². The van der Waals surface area contributed by atoms with Gasteiger partial charge in [-0.2, -0.15) is 0 Å². The van der Waals surface area contributed by atoms with Crippen LogP contribution in [0, 0.1) is 5.92 Å². The summed E-state index contributed by atoms with van der Waals surface area (Å²) in [6, 6.07) is 15.0. The predicted octanol–water partition coefficient (Wildman–Crippen LogP) is 4.25. The van der Waals surface area contributed by atoms with Crippen LogP contribution in [-0.4, -0.2) is 92.4 Å². The van der Waals surface area contributed by atoms with E-state index in [9.17, 15) is 14.7 Å². The van der Waals surface area contributed by atoms with Gasteiger partial charge in [0.1, 0.15) is 5.75 Å². The molecule has 8 nitrogen and oxygen atoms in total. The molecule has 0 aliphatic carbocycles. The first-order valence-corrected chi connectivity index (χ1v) is 14.4. The number of aliphatic hydroxyl groups is 1. The summed E-state index contributed by atoms with van der Waals surface area (Å²) in [5.74, 6) is 0.299. The summed E-state index contributed by atoms with van der Waals surface area (Å²) in [4.78, 5) is 32.5. The number of nitrogens with zero attached hydrogens (tertiary/aromatic N) is 3. The van der Waals surface area contributed by atoms with Gasteiger partial charge < -0.3 is 29.3 Å². The molecule has 40 heavy (non-hydrogen) atoms. The van der Waals surface area contributed by atoms with Crippen LogP contribution >= 0.6 is 0 Å². The molecule has 1 N–H and O–H groups in total. The number of carbonyl (C=O) groups is 2. The van der Waals surface area contributed by atoms with E-state index < -0.39 is 6.04 Å². The third kappa shape index (κ3) is 8.70. The molecule has 0 spiro atoms. The zero-order valence-electron chi connectivity index (χ0n) is 25.0. The minimum absolute atomic E-state index is 0.0224. The highest BCUT2D eigenvalue weighted by atomic mass is 16.5. The lowest BCUT2D eigenvalue weighted by molar-refractivity contribution is -0.131. The number of carbonyl (C=O) groups excluding carboxylic acids is 2. The van der Waals surface area contributed by atoms with E-state index in [0.29, 0.717) is 37.4 Å². The number of hydrogen-bond donors (Lipinski definition) is 1. The lowest BCUT2D eigenvalue weighted by Crippen LogP contribution is -2.48. The van der Waals surface area contributed by atoms with Gasteiger partial charge in [0.25, 0.3) is 5.91 Å². The second-order valence-corrected chi connectivity index (χ2v) is 11.3. The molecule has 220 valence electrons. The highest BCUT2D eigenvalue weighted by Gasteiger charge is 2.31. The molecule has 3 rings (SSSR count). The third-order valence-corrected chi connectivity index (χ3v) is 7.63. The number of aliphatic hydroxyl groups excluding tert-OH is 1. The molecule has 2 aromatic rings. The Morgan fingerprint density at radius 2 is 1.82 bits per heavy atom. The van der Waals surface area contributed by atoms with Crippen LogP contribution in [0.3, 0.4) is 0 Å². The smallest absolute Gasteiger partial charge is 0.258 e. The molecular weight excluding hydrogens is 506 g/mol. The monoisotopic (exact) mass is 553 g/mol. The van der Waals surface area contributed by atoms with Crippen molar-refractivity contribution in [3.63, 3.8) is 0 Å². The van der Waals surface area contributed by atoms with Crippen molar-refractivity contribution in [2.75, 3.05) is 52.3 Å².